The Morgan fingerprint density at radius 2 is 1.88 bits per heavy atom. The van der Waals surface area contributed by atoms with Crippen molar-refractivity contribution in [1.29, 1.82) is 0 Å². The molecule has 0 aliphatic carbocycles. The van der Waals surface area contributed by atoms with E-state index in [1.165, 1.54) is 55.5 Å². The van der Waals surface area contributed by atoms with Crippen LogP contribution < -0.4 is 10.1 Å². The molecule has 1 amide bonds. The number of rotatable bonds is 7. The monoisotopic (exact) mass is 376 g/mol. The Balaban J connectivity index is 1.53. The number of hydrogen-bond acceptors (Lipinski definition) is 4. The molecule has 2 aromatic rings. The number of carbonyl (C=O) groups is 1. The van der Waals surface area contributed by atoms with Gasteiger partial charge in [-0.25, -0.2) is 4.39 Å². The molecule has 1 unspecified atom stereocenters. The minimum Gasteiger partial charge on any atom is -0.484 e. The van der Waals surface area contributed by atoms with E-state index in [-0.39, 0.29) is 24.4 Å². The number of nitrogens with one attached hydrogen (secondary N) is 1. The standard InChI is InChI=1S/C20H25FN2O2S/c21-17-5-7-18(8-6-17)25-14-20(24)22-13-19(16-9-12-26-15-16)23-10-3-1-2-4-11-23/h5-9,12,15,19H,1-4,10-11,13-14H2,(H,22,24). The van der Waals surface area contributed by atoms with Crippen molar-refractivity contribution in [2.45, 2.75) is 31.7 Å². The quantitative estimate of drug-likeness (QED) is 0.794. The van der Waals surface area contributed by atoms with Crippen molar-refractivity contribution in [3.8, 4) is 5.75 Å². The van der Waals surface area contributed by atoms with Gasteiger partial charge < -0.3 is 10.1 Å². The second-order valence-electron chi connectivity index (χ2n) is 6.57. The van der Waals surface area contributed by atoms with Crippen molar-refractivity contribution in [2.24, 2.45) is 0 Å². The lowest BCUT2D eigenvalue weighted by Gasteiger charge is -2.30. The van der Waals surface area contributed by atoms with Gasteiger partial charge in [0.25, 0.3) is 5.91 Å². The summed E-state index contributed by atoms with van der Waals surface area (Å²) in [6, 6.07) is 8.02. The molecule has 0 radical (unpaired) electrons. The number of thiophene rings is 1. The zero-order chi connectivity index (χ0) is 18.2. The van der Waals surface area contributed by atoms with Gasteiger partial charge in [-0.15, -0.1) is 0 Å². The molecule has 1 N–H and O–H groups in total. The second kappa shape index (κ2) is 9.69. The lowest BCUT2D eigenvalue weighted by molar-refractivity contribution is -0.123. The summed E-state index contributed by atoms with van der Waals surface area (Å²) in [6.45, 7) is 2.65. The number of halogens is 1. The molecule has 1 aromatic heterocycles. The van der Waals surface area contributed by atoms with Crippen LogP contribution in [0.15, 0.2) is 41.1 Å². The maximum atomic E-state index is 12.9. The summed E-state index contributed by atoms with van der Waals surface area (Å²) in [5, 5.41) is 7.24. The number of ether oxygens (including phenoxy) is 1. The van der Waals surface area contributed by atoms with Crippen molar-refractivity contribution >= 4 is 17.2 Å². The van der Waals surface area contributed by atoms with Crippen LogP contribution in [0.1, 0.15) is 37.3 Å². The molecule has 1 aliphatic heterocycles. The highest BCUT2D eigenvalue weighted by Gasteiger charge is 2.22. The molecule has 26 heavy (non-hydrogen) atoms. The Morgan fingerprint density at radius 3 is 2.54 bits per heavy atom. The number of hydrogen-bond donors (Lipinski definition) is 1. The van der Waals surface area contributed by atoms with E-state index in [9.17, 15) is 9.18 Å². The first-order valence-corrected chi connectivity index (χ1v) is 10.1. The molecule has 2 heterocycles. The van der Waals surface area contributed by atoms with E-state index in [0.29, 0.717) is 12.3 Å². The van der Waals surface area contributed by atoms with E-state index in [2.05, 4.69) is 27.0 Å². The highest BCUT2D eigenvalue weighted by atomic mass is 32.1. The molecule has 0 saturated carbocycles. The third-order valence-corrected chi connectivity index (χ3v) is 5.39. The molecule has 1 saturated heterocycles. The predicted molar refractivity (Wildman–Crippen MR) is 102 cm³/mol. The maximum Gasteiger partial charge on any atom is 0.258 e. The summed E-state index contributed by atoms with van der Waals surface area (Å²) < 4.78 is 18.3. The van der Waals surface area contributed by atoms with Gasteiger partial charge in [-0.2, -0.15) is 11.3 Å². The highest BCUT2D eigenvalue weighted by molar-refractivity contribution is 7.07. The molecule has 6 heteroatoms. The summed E-state index contributed by atoms with van der Waals surface area (Å²) in [6.07, 6.45) is 4.99. The van der Waals surface area contributed by atoms with Gasteiger partial charge in [-0.3, -0.25) is 9.69 Å². The minimum atomic E-state index is -0.321. The summed E-state index contributed by atoms with van der Waals surface area (Å²) in [4.78, 5) is 14.7. The molecule has 1 aromatic carbocycles. The Morgan fingerprint density at radius 1 is 1.15 bits per heavy atom. The van der Waals surface area contributed by atoms with Crippen molar-refractivity contribution in [3.05, 3.63) is 52.5 Å². The van der Waals surface area contributed by atoms with Crippen LogP contribution in [0, 0.1) is 5.82 Å². The number of nitrogens with zero attached hydrogens (tertiary/aromatic N) is 1. The topological polar surface area (TPSA) is 41.6 Å². The van der Waals surface area contributed by atoms with Crippen LogP contribution in [0.2, 0.25) is 0 Å². The van der Waals surface area contributed by atoms with Crippen molar-refractivity contribution in [2.75, 3.05) is 26.2 Å². The maximum absolute atomic E-state index is 12.9. The average Bonchev–Trinajstić information content (AvgIpc) is 3.04. The molecule has 0 bridgehead atoms. The molecule has 1 aliphatic rings. The Kier molecular flexibility index (Phi) is 7.03. The summed E-state index contributed by atoms with van der Waals surface area (Å²) >= 11 is 1.69. The van der Waals surface area contributed by atoms with Crippen molar-refractivity contribution in [1.82, 2.24) is 10.2 Å². The largest absolute Gasteiger partial charge is 0.484 e. The number of carbonyl (C=O) groups excluding carboxylic acids is 1. The molecular formula is C20H25FN2O2S. The van der Waals surface area contributed by atoms with E-state index in [1.807, 2.05) is 0 Å². The third-order valence-electron chi connectivity index (χ3n) is 4.69. The molecule has 1 atom stereocenters. The Bertz CT molecular complexity index is 668. The summed E-state index contributed by atoms with van der Waals surface area (Å²) in [5.41, 5.74) is 1.26. The van der Waals surface area contributed by atoms with Gasteiger partial charge >= 0.3 is 0 Å². The fourth-order valence-corrected chi connectivity index (χ4v) is 3.98. The number of likely N-dealkylation sites (tertiary alicyclic amines) is 1. The number of amides is 1. The van der Waals surface area contributed by atoms with Crippen LogP contribution in [0.4, 0.5) is 4.39 Å². The van der Waals surface area contributed by atoms with Gasteiger partial charge in [0.15, 0.2) is 6.61 Å². The van der Waals surface area contributed by atoms with Crippen LogP contribution in [-0.4, -0.2) is 37.0 Å². The third kappa shape index (κ3) is 5.54. The minimum absolute atomic E-state index is 0.0675. The van der Waals surface area contributed by atoms with Crippen LogP contribution in [0.25, 0.3) is 0 Å². The van der Waals surface area contributed by atoms with E-state index in [4.69, 9.17) is 4.74 Å². The van der Waals surface area contributed by atoms with E-state index in [1.54, 1.807) is 11.3 Å². The fraction of sp³-hybridized carbons (Fsp3) is 0.450. The SMILES string of the molecule is O=C(COc1ccc(F)cc1)NCC(c1ccsc1)N1CCCCCC1. The predicted octanol–water partition coefficient (Wildman–Crippen LogP) is 4.00. The lowest BCUT2D eigenvalue weighted by atomic mass is 10.1. The second-order valence-corrected chi connectivity index (χ2v) is 7.35. The van der Waals surface area contributed by atoms with Gasteiger partial charge in [0.1, 0.15) is 11.6 Å². The van der Waals surface area contributed by atoms with E-state index < -0.39 is 0 Å². The first-order chi connectivity index (χ1) is 12.7. The fourth-order valence-electron chi connectivity index (χ4n) is 3.27. The van der Waals surface area contributed by atoms with Crippen molar-refractivity contribution < 1.29 is 13.9 Å². The summed E-state index contributed by atoms with van der Waals surface area (Å²) in [7, 11) is 0. The molecule has 3 rings (SSSR count). The zero-order valence-corrected chi connectivity index (χ0v) is 15.6. The first kappa shape index (κ1) is 18.9. The van der Waals surface area contributed by atoms with Gasteiger partial charge in [-0.1, -0.05) is 12.8 Å². The van der Waals surface area contributed by atoms with E-state index in [0.717, 1.165) is 13.1 Å². The van der Waals surface area contributed by atoms with Gasteiger partial charge in [0.05, 0.1) is 6.04 Å². The highest BCUT2D eigenvalue weighted by Crippen LogP contribution is 2.25. The molecule has 140 valence electrons. The molecular weight excluding hydrogens is 351 g/mol. The van der Waals surface area contributed by atoms with Gasteiger partial charge in [0.2, 0.25) is 0 Å². The first-order valence-electron chi connectivity index (χ1n) is 9.13. The lowest BCUT2D eigenvalue weighted by Crippen LogP contribution is -2.40. The zero-order valence-electron chi connectivity index (χ0n) is 14.8. The van der Waals surface area contributed by atoms with Crippen molar-refractivity contribution in [3.63, 3.8) is 0 Å². The molecule has 1 fully saturated rings. The van der Waals surface area contributed by atoms with Crippen LogP contribution >= 0.6 is 11.3 Å². The molecule has 0 spiro atoms. The van der Waals surface area contributed by atoms with Crippen LogP contribution in [0.3, 0.4) is 0 Å². The van der Waals surface area contributed by atoms with Crippen LogP contribution in [0.5, 0.6) is 5.75 Å². The normalized spacial score (nSPS) is 16.7. The van der Waals surface area contributed by atoms with Gasteiger partial charge in [-0.05, 0) is 72.6 Å². The van der Waals surface area contributed by atoms with Gasteiger partial charge in [0, 0.05) is 6.54 Å². The molecule has 4 nitrogen and oxygen atoms in total. The average molecular weight is 376 g/mol. The van der Waals surface area contributed by atoms with Crippen LogP contribution in [-0.2, 0) is 4.79 Å². The Hall–Kier alpha value is -1.92. The van der Waals surface area contributed by atoms with E-state index >= 15 is 0 Å². The number of benzene rings is 1. The smallest absolute Gasteiger partial charge is 0.258 e. The summed E-state index contributed by atoms with van der Waals surface area (Å²) in [5.74, 6) is 0.00526. The Labute approximate surface area is 158 Å².